The first-order valence-corrected chi connectivity index (χ1v) is 34.3. The molecule has 566 valence electrons. The van der Waals surface area contributed by atoms with Crippen molar-refractivity contribution in [3.05, 3.63) is 58.0 Å². The molecule has 3 saturated heterocycles. The van der Waals surface area contributed by atoms with Crippen molar-refractivity contribution in [2.45, 2.75) is 229 Å². The fourth-order valence-electron chi connectivity index (χ4n) is 14.3. The summed E-state index contributed by atoms with van der Waals surface area (Å²) in [6.45, 7) is 18.7. The number of methoxy groups -OCH3 is 1. The Hall–Kier alpha value is -6.00. The van der Waals surface area contributed by atoms with E-state index in [1.165, 1.54) is 27.2 Å². The summed E-state index contributed by atoms with van der Waals surface area (Å²) in [6.07, 6.45) is -14.7. The van der Waals surface area contributed by atoms with Gasteiger partial charge in [-0.25, -0.2) is 4.99 Å². The normalized spacial score (nSPS) is 38.4. The van der Waals surface area contributed by atoms with Crippen LogP contribution in [0.15, 0.2) is 46.1 Å². The summed E-state index contributed by atoms with van der Waals surface area (Å²) in [6, 6.07) is -3.45. The third-order valence-corrected chi connectivity index (χ3v) is 20.4. The molecule has 2 aromatic carbocycles. The number of carbonyl (C=O) groups excluding carboxylic acids is 4. The molecule has 4 fully saturated rings. The van der Waals surface area contributed by atoms with E-state index in [1.807, 2.05) is 0 Å². The third-order valence-electron chi connectivity index (χ3n) is 20.4. The van der Waals surface area contributed by atoms with Crippen molar-refractivity contribution in [1.29, 1.82) is 0 Å². The number of esters is 1. The number of rotatable bonds is 14. The lowest BCUT2D eigenvalue weighted by Crippen LogP contribution is -2.69. The molecule has 101 heavy (non-hydrogen) atoms. The van der Waals surface area contributed by atoms with Crippen molar-refractivity contribution in [2.24, 2.45) is 62.5 Å². The molecule has 1 spiro atoms. The minimum atomic E-state index is -1.95. The topological polar surface area (TPSA) is 541 Å². The van der Waals surface area contributed by atoms with Gasteiger partial charge < -0.3 is 138 Å². The van der Waals surface area contributed by atoms with Gasteiger partial charge in [0, 0.05) is 106 Å². The van der Waals surface area contributed by atoms with Crippen molar-refractivity contribution < 1.29 is 118 Å². The standard InChI is InChI=1S/C46H62N4O11.C22H43N5O13/c1-22(2)21-50-18-16-46(17-19-50)48-34-31-32-39(54)28(8)42-33(31)43(56)45(10,61-42)59-20-15-30(58-11)25(5)41(60-29(9)51)27(7)38(53)26(6)37(52)23(3)13-12-14-24(4)44(57)47-36(40(32)55)35(34)49-46;23-2-1-8(29)20(36)27-7-3-6(25)18(39-22-16(34)15(33)13(31)9(4-24)37-22)17(35)19(7)40-21-14(32)11(26)12(30)10(5-28)38-21/h12-15,20,22-23,25-27,30,37-38,41,48,52-55H,16-19,21H2,1-11H3;6-19,21-22,28-35H,1-5,23-26H2,(H,27,36)/b13-12+,20-15+,24-14-,47-36?;/t23-,25+,26+,27+,30-,37-,38+,41+,45-;6-,7+,8-,9+,10+,11-,12+,13+,14+,15-,16+,17-,18+,19-,21+,22+/m00/s1. The Morgan fingerprint density at radius 2 is 1.45 bits per heavy atom. The number of ether oxygens (including phenoxy) is 8. The number of aliphatic hydroxyl groups excluding tert-OH is 10. The van der Waals surface area contributed by atoms with Crippen LogP contribution in [0.5, 0.6) is 17.2 Å². The smallest absolute Gasteiger partial charge is 0.312 e. The first kappa shape index (κ1) is 80.7. The SMILES string of the molecule is CO[C@H]1/C=C/O[C@@]2(C)Oc3c(C)c(O)c4c(O)c(c5c(c4c3C2=O)NC2(CCN(CC(C)C)CC2)N=5)=NC(=O)/C(C)=C\C=C\[C@H](C)[C@H](O)[C@@H](C)[C@@H](O)[C@@H](C)[C@H](OC(C)=O)[C@@H]1C.NCC[C@H](O)C(=O)N[C@@H]1C[C@H](N)[C@@H](O[C@H]2O[C@H](CN)[C@@H](O)[C@H](O)[C@H]2O)[C@H](O)[C@H]1O[C@H]1O[C@H](CO)[C@@H](O)[C@H](N)[C@H]1O. The maximum absolute atomic E-state index is 14.7. The predicted molar refractivity (Wildman–Crippen MR) is 359 cm³/mol. The lowest BCUT2D eigenvalue weighted by molar-refractivity contribution is -0.332. The first-order chi connectivity index (χ1) is 47.5. The number of phenolic OH excluding ortho intramolecular Hbond substituents is 2. The van der Waals surface area contributed by atoms with Gasteiger partial charge in [0.05, 0.1) is 59.9 Å². The van der Waals surface area contributed by atoms with Gasteiger partial charge in [-0.2, -0.15) is 0 Å². The summed E-state index contributed by atoms with van der Waals surface area (Å²) in [7, 11) is 1.47. The lowest BCUT2D eigenvalue weighted by Gasteiger charge is -2.49. The highest BCUT2D eigenvalue weighted by atomic mass is 16.7. The average Bonchev–Trinajstić information content (AvgIpc) is 1.56. The second-order valence-corrected chi connectivity index (χ2v) is 28.3. The summed E-state index contributed by atoms with van der Waals surface area (Å²) in [5, 5.41) is 135. The monoisotopic (exact) mass is 1430 g/mol. The Morgan fingerprint density at radius 3 is 2.06 bits per heavy atom. The van der Waals surface area contributed by atoms with Crippen LogP contribution in [0.1, 0.15) is 104 Å². The fraction of sp³-hybridized carbons (Fsp3) is 0.706. The van der Waals surface area contributed by atoms with Gasteiger partial charge in [-0.15, -0.1) is 0 Å². The minimum Gasteiger partial charge on any atom is -0.507 e. The number of anilines is 1. The molecule has 1 saturated carbocycles. The van der Waals surface area contributed by atoms with Crippen molar-refractivity contribution in [3.63, 3.8) is 0 Å². The maximum atomic E-state index is 14.7. The van der Waals surface area contributed by atoms with Crippen LogP contribution in [-0.2, 0) is 47.5 Å². The van der Waals surface area contributed by atoms with Crippen LogP contribution in [0.4, 0.5) is 5.69 Å². The molecule has 6 heterocycles. The van der Waals surface area contributed by atoms with Gasteiger partial charge >= 0.3 is 11.8 Å². The quantitative estimate of drug-likeness (QED) is 0.0640. The van der Waals surface area contributed by atoms with Crippen molar-refractivity contribution >= 4 is 40.0 Å². The highest BCUT2D eigenvalue weighted by molar-refractivity contribution is 6.21. The summed E-state index contributed by atoms with van der Waals surface area (Å²) in [4.78, 5) is 65.5. The number of likely N-dealkylation sites (tertiary alicyclic amines) is 1. The van der Waals surface area contributed by atoms with E-state index in [4.69, 9.17) is 65.8 Å². The molecule has 7 aliphatic rings. The van der Waals surface area contributed by atoms with E-state index < -0.39 is 193 Å². The highest BCUT2D eigenvalue weighted by Crippen LogP contribution is 2.51. The Bertz CT molecular complexity index is 3500. The van der Waals surface area contributed by atoms with Crippen molar-refractivity contribution in [2.75, 3.05) is 51.8 Å². The zero-order valence-electron chi connectivity index (χ0n) is 58.8. The molecular weight excluding hydrogens is 1330 g/mol. The number of benzene rings is 2. The maximum Gasteiger partial charge on any atom is 0.312 e. The molecule has 9 rings (SSSR count). The van der Waals surface area contributed by atoms with E-state index in [1.54, 1.807) is 65.8 Å². The number of hydrogen-bond donors (Lipinski definition) is 18. The largest absolute Gasteiger partial charge is 0.507 e. The number of Topliss-reactive ketones (excluding diaryl/α,β-unsaturated/α-hetero) is 1. The van der Waals surface area contributed by atoms with E-state index in [2.05, 4.69) is 34.4 Å². The molecule has 0 aromatic heterocycles. The van der Waals surface area contributed by atoms with Crippen LogP contribution in [0, 0.1) is 36.5 Å². The number of carbonyl (C=O) groups is 4. The zero-order valence-corrected chi connectivity index (χ0v) is 58.8. The van der Waals surface area contributed by atoms with E-state index >= 15 is 0 Å². The number of aromatic hydroxyl groups is 2. The second-order valence-electron chi connectivity index (χ2n) is 28.3. The van der Waals surface area contributed by atoms with E-state index in [-0.39, 0.29) is 75.6 Å². The average molecular weight is 1430 g/mol. The summed E-state index contributed by atoms with van der Waals surface area (Å²) in [5.41, 5.74) is 23.0. The Kier molecular flexibility index (Phi) is 26.7. The number of fused-ring (bicyclic) bond motifs is 1. The van der Waals surface area contributed by atoms with Crippen molar-refractivity contribution in [1.82, 2.24) is 10.2 Å². The Balaban J connectivity index is 0.000000281. The third kappa shape index (κ3) is 16.9. The summed E-state index contributed by atoms with van der Waals surface area (Å²) < 4.78 is 46.5. The van der Waals surface area contributed by atoms with Crippen LogP contribution in [0.25, 0.3) is 10.8 Å². The number of nitrogens with zero attached hydrogens (tertiary/aromatic N) is 3. The molecule has 0 unspecified atom stereocenters. The number of piperidine rings is 1. The molecule has 2 amide bonds. The molecule has 0 radical (unpaired) electrons. The molecule has 4 bridgehead atoms. The van der Waals surface area contributed by atoms with Gasteiger partial charge in [0.15, 0.2) is 18.3 Å². The summed E-state index contributed by atoms with van der Waals surface area (Å²) >= 11 is 0. The van der Waals surface area contributed by atoms with Crippen LogP contribution in [-0.4, -0.2) is 270 Å². The Morgan fingerprint density at radius 1 is 0.802 bits per heavy atom. The molecule has 1 aliphatic carbocycles. The van der Waals surface area contributed by atoms with Gasteiger partial charge in [-0.05, 0) is 45.2 Å². The van der Waals surface area contributed by atoms with E-state index in [0.717, 1.165) is 19.6 Å². The van der Waals surface area contributed by atoms with Gasteiger partial charge in [-0.3, -0.25) is 24.2 Å². The number of phenols is 2. The van der Waals surface area contributed by atoms with Crippen molar-refractivity contribution in [3.8, 4) is 17.2 Å². The molecule has 2 aromatic rings. The second kappa shape index (κ2) is 33.4. The van der Waals surface area contributed by atoms with Crippen LogP contribution < -0.4 is 49.0 Å². The van der Waals surface area contributed by atoms with Crippen LogP contribution >= 0.6 is 0 Å². The molecule has 22 N–H and O–H groups in total. The number of nitrogens with two attached hydrogens (primary N) is 4. The number of nitrogens with one attached hydrogen (secondary N) is 2. The van der Waals surface area contributed by atoms with Gasteiger partial charge in [0.2, 0.25) is 5.91 Å². The predicted octanol–water partition coefficient (Wildman–Crippen LogP) is -3.67. The van der Waals surface area contributed by atoms with Gasteiger partial charge in [0.1, 0.15) is 101 Å². The van der Waals surface area contributed by atoms with Gasteiger partial charge in [0.25, 0.3) is 11.7 Å². The molecule has 33 heteroatoms. The van der Waals surface area contributed by atoms with E-state index in [0.29, 0.717) is 24.4 Å². The molecule has 33 nitrogen and oxygen atoms in total. The van der Waals surface area contributed by atoms with Crippen LogP contribution in [0.3, 0.4) is 0 Å². The number of hydrogen-bond acceptors (Lipinski definition) is 31. The Labute approximate surface area is 584 Å². The highest BCUT2D eigenvalue weighted by Gasteiger charge is 2.55. The first-order valence-electron chi connectivity index (χ1n) is 34.3. The summed E-state index contributed by atoms with van der Waals surface area (Å²) in [5.74, 6) is -7.41. The fourth-order valence-corrected chi connectivity index (χ4v) is 14.3. The lowest BCUT2D eigenvalue weighted by atomic mass is 9.78. The number of ketones is 1. The number of allylic oxidation sites excluding steroid dienone is 2. The number of amides is 2. The molecule has 6 aliphatic heterocycles. The van der Waals surface area contributed by atoms with Crippen LogP contribution in [0.2, 0.25) is 0 Å². The molecule has 25 atom stereocenters. The minimum absolute atomic E-state index is 0.0101. The zero-order chi connectivity index (χ0) is 74.8. The molecular formula is C68H105N9O24. The number of aliphatic hydroxyl groups is 10. The van der Waals surface area contributed by atoms with E-state index in [9.17, 15) is 80.5 Å². The van der Waals surface area contributed by atoms with Gasteiger partial charge in [-0.1, -0.05) is 59.8 Å².